The fourth-order valence-electron chi connectivity index (χ4n) is 3.64. The molecule has 0 aliphatic carbocycles. The smallest absolute Gasteiger partial charge is 0.324 e. The van der Waals surface area contributed by atoms with E-state index in [4.69, 9.17) is 9.47 Å². The average Bonchev–Trinajstić information content (AvgIpc) is 3.16. The summed E-state index contributed by atoms with van der Waals surface area (Å²) < 4.78 is 11.6. The lowest BCUT2D eigenvalue weighted by molar-refractivity contribution is -0.181. The number of para-hydroxylation sites is 1. The first-order valence-electron chi connectivity index (χ1n) is 9.19. The van der Waals surface area contributed by atoms with Gasteiger partial charge in [0.25, 0.3) is 0 Å². The molecule has 2 heterocycles. The topological polar surface area (TPSA) is 42.0 Å². The lowest BCUT2D eigenvalue weighted by Crippen LogP contribution is -2.51. The van der Waals surface area contributed by atoms with Crippen molar-refractivity contribution in [1.82, 2.24) is 4.90 Å². The second-order valence-electron chi connectivity index (χ2n) is 6.78. The fraction of sp³-hybridized carbons (Fsp3) is 0.381. The summed E-state index contributed by atoms with van der Waals surface area (Å²) in [6.45, 7) is 3.16. The van der Waals surface area contributed by atoms with Crippen LogP contribution in [0.2, 0.25) is 0 Å². The van der Waals surface area contributed by atoms with Crippen LogP contribution in [0, 0.1) is 0 Å². The molecule has 2 fully saturated rings. The standard InChI is InChI=1S/C21H24N2O3/c24-20(22-13-11-21(12-14-22)25-15-16-26-21)23(19-9-5-2-6-10-19)17-18-7-3-1-4-8-18/h1-10H,11-17H2. The lowest BCUT2D eigenvalue weighted by atomic mass is 10.0. The molecule has 0 radical (unpaired) electrons. The van der Waals surface area contributed by atoms with E-state index in [0.29, 0.717) is 32.8 Å². The zero-order chi connectivity index (χ0) is 17.8. The summed E-state index contributed by atoms with van der Waals surface area (Å²) >= 11 is 0. The highest BCUT2D eigenvalue weighted by atomic mass is 16.7. The van der Waals surface area contributed by atoms with Gasteiger partial charge in [0.05, 0.1) is 19.8 Å². The van der Waals surface area contributed by atoms with E-state index >= 15 is 0 Å². The Morgan fingerprint density at radius 3 is 2.12 bits per heavy atom. The Labute approximate surface area is 154 Å². The van der Waals surface area contributed by atoms with E-state index < -0.39 is 5.79 Å². The average molecular weight is 352 g/mol. The third-order valence-corrected chi connectivity index (χ3v) is 5.09. The van der Waals surface area contributed by atoms with E-state index in [0.717, 1.165) is 24.1 Å². The highest BCUT2D eigenvalue weighted by molar-refractivity contribution is 5.92. The van der Waals surface area contributed by atoms with Crippen molar-refractivity contribution >= 4 is 11.7 Å². The van der Waals surface area contributed by atoms with Crippen molar-refractivity contribution in [2.24, 2.45) is 0 Å². The van der Waals surface area contributed by atoms with Gasteiger partial charge in [-0.15, -0.1) is 0 Å². The lowest BCUT2D eigenvalue weighted by Gasteiger charge is -2.39. The molecule has 2 aliphatic rings. The third kappa shape index (κ3) is 3.59. The van der Waals surface area contributed by atoms with Gasteiger partial charge in [0.15, 0.2) is 5.79 Å². The van der Waals surface area contributed by atoms with Gasteiger partial charge in [-0.05, 0) is 17.7 Å². The van der Waals surface area contributed by atoms with Crippen LogP contribution in [0.5, 0.6) is 0 Å². The number of amides is 2. The molecule has 0 saturated carbocycles. The highest BCUT2D eigenvalue weighted by Gasteiger charge is 2.41. The van der Waals surface area contributed by atoms with E-state index in [1.54, 1.807) is 0 Å². The maximum atomic E-state index is 13.3. The van der Waals surface area contributed by atoms with Crippen molar-refractivity contribution in [2.75, 3.05) is 31.2 Å². The molecular formula is C21H24N2O3. The van der Waals surface area contributed by atoms with Crippen LogP contribution in [0.25, 0.3) is 0 Å². The summed E-state index contributed by atoms with van der Waals surface area (Å²) in [6.07, 6.45) is 1.46. The van der Waals surface area contributed by atoms with Crippen LogP contribution in [-0.4, -0.2) is 43.0 Å². The molecule has 136 valence electrons. The van der Waals surface area contributed by atoms with Crippen LogP contribution in [0.15, 0.2) is 60.7 Å². The van der Waals surface area contributed by atoms with Crippen LogP contribution >= 0.6 is 0 Å². The number of hydrogen-bond donors (Lipinski definition) is 0. The van der Waals surface area contributed by atoms with Crippen LogP contribution in [0.3, 0.4) is 0 Å². The zero-order valence-corrected chi connectivity index (χ0v) is 14.8. The minimum Gasteiger partial charge on any atom is -0.347 e. The van der Waals surface area contributed by atoms with Crippen LogP contribution in [-0.2, 0) is 16.0 Å². The second kappa shape index (κ2) is 7.48. The predicted molar refractivity (Wildman–Crippen MR) is 99.9 cm³/mol. The number of carbonyl (C=O) groups is 1. The fourth-order valence-corrected chi connectivity index (χ4v) is 3.64. The molecule has 2 aliphatic heterocycles. The van der Waals surface area contributed by atoms with Gasteiger partial charge in [0.1, 0.15) is 0 Å². The van der Waals surface area contributed by atoms with Gasteiger partial charge < -0.3 is 14.4 Å². The molecule has 2 aromatic rings. The molecule has 2 aromatic carbocycles. The number of ether oxygens (including phenoxy) is 2. The number of hydrogen-bond acceptors (Lipinski definition) is 3. The Hall–Kier alpha value is -2.37. The van der Waals surface area contributed by atoms with Gasteiger partial charge in [0, 0.05) is 31.6 Å². The summed E-state index contributed by atoms with van der Waals surface area (Å²) in [5, 5.41) is 0. The first-order valence-corrected chi connectivity index (χ1v) is 9.19. The number of anilines is 1. The Balaban J connectivity index is 1.51. The quantitative estimate of drug-likeness (QED) is 0.847. The first kappa shape index (κ1) is 17.1. The summed E-state index contributed by atoms with van der Waals surface area (Å²) in [5.74, 6) is -0.464. The number of rotatable bonds is 3. The van der Waals surface area contributed by atoms with E-state index in [2.05, 4.69) is 12.1 Å². The largest absolute Gasteiger partial charge is 0.347 e. The second-order valence-corrected chi connectivity index (χ2v) is 6.78. The molecule has 0 N–H and O–H groups in total. The number of carbonyl (C=O) groups excluding carboxylic acids is 1. The molecule has 1 spiro atoms. The Bertz CT molecular complexity index is 719. The van der Waals surface area contributed by atoms with Gasteiger partial charge >= 0.3 is 6.03 Å². The van der Waals surface area contributed by atoms with Crippen LogP contribution in [0.1, 0.15) is 18.4 Å². The van der Waals surface area contributed by atoms with Gasteiger partial charge in [0.2, 0.25) is 0 Å². The summed E-state index contributed by atoms with van der Waals surface area (Å²) in [5.41, 5.74) is 2.02. The van der Waals surface area contributed by atoms with Crippen molar-refractivity contribution in [1.29, 1.82) is 0 Å². The van der Waals surface area contributed by atoms with E-state index in [1.807, 2.05) is 58.3 Å². The van der Waals surface area contributed by atoms with Gasteiger partial charge in [-0.1, -0.05) is 48.5 Å². The molecule has 2 saturated heterocycles. The number of urea groups is 1. The molecule has 4 rings (SSSR count). The summed E-state index contributed by atoms with van der Waals surface area (Å²) in [4.78, 5) is 17.0. The van der Waals surface area contributed by atoms with Crippen molar-refractivity contribution in [2.45, 2.75) is 25.2 Å². The Morgan fingerprint density at radius 1 is 0.923 bits per heavy atom. The number of benzene rings is 2. The third-order valence-electron chi connectivity index (χ3n) is 5.09. The highest BCUT2D eigenvalue weighted by Crippen LogP contribution is 2.32. The van der Waals surface area contributed by atoms with Gasteiger partial charge in [-0.25, -0.2) is 4.79 Å². The molecular weight excluding hydrogens is 328 g/mol. The normalized spacial score (nSPS) is 18.8. The molecule has 0 atom stereocenters. The minimum absolute atomic E-state index is 0.0351. The SMILES string of the molecule is O=C(N1CCC2(CC1)OCCO2)N(Cc1ccccc1)c1ccccc1. The minimum atomic E-state index is -0.464. The predicted octanol–water partition coefficient (Wildman–Crippen LogP) is 3.65. The summed E-state index contributed by atoms with van der Waals surface area (Å²) in [6, 6.07) is 20.0. The number of piperidine rings is 1. The van der Waals surface area contributed by atoms with Crippen molar-refractivity contribution in [3.63, 3.8) is 0 Å². The Kier molecular flexibility index (Phi) is 4.91. The molecule has 5 heteroatoms. The van der Waals surface area contributed by atoms with Gasteiger partial charge in [-0.2, -0.15) is 0 Å². The van der Waals surface area contributed by atoms with E-state index in [1.165, 1.54) is 0 Å². The maximum absolute atomic E-state index is 13.3. The van der Waals surface area contributed by atoms with Gasteiger partial charge in [-0.3, -0.25) is 4.90 Å². The molecule has 0 bridgehead atoms. The van der Waals surface area contributed by atoms with Crippen molar-refractivity contribution < 1.29 is 14.3 Å². The van der Waals surface area contributed by atoms with E-state index in [-0.39, 0.29) is 6.03 Å². The molecule has 26 heavy (non-hydrogen) atoms. The van der Waals surface area contributed by atoms with Crippen LogP contribution < -0.4 is 4.90 Å². The number of nitrogens with zero attached hydrogens (tertiary/aromatic N) is 2. The van der Waals surface area contributed by atoms with E-state index in [9.17, 15) is 4.79 Å². The number of likely N-dealkylation sites (tertiary alicyclic amines) is 1. The van der Waals surface area contributed by atoms with Crippen LogP contribution in [0.4, 0.5) is 10.5 Å². The first-order chi connectivity index (χ1) is 12.8. The molecule has 5 nitrogen and oxygen atoms in total. The monoisotopic (exact) mass is 352 g/mol. The summed E-state index contributed by atoms with van der Waals surface area (Å²) in [7, 11) is 0. The van der Waals surface area contributed by atoms with Crippen molar-refractivity contribution in [3.05, 3.63) is 66.2 Å². The maximum Gasteiger partial charge on any atom is 0.324 e. The zero-order valence-electron chi connectivity index (χ0n) is 14.8. The Morgan fingerprint density at radius 2 is 1.50 bits per heavy atom. The molecule has 0 aromatic heterocycles. The molecule has 2 amide bonds. The van der Waals surface area contributed by atoms with Crippen molar-refractivity contribution in [3.8, 4) is 0 Å². The molecule has 0 unspecified atom stereocenters.